The number of nitro benzene ring substituents is 1. The molecule has 2 aromatic heterocycles. The van der Waals surface area contributed by atoms with Crippen molar-refractivity contribution in [1.29, 1.82) is 0 Å². The summed E-state index contributed by atoms with van der Waals surface area (Å²) in [5, 5.41) is 25.6. The van der Waals surface area contributed by atoms with Crippen LogP contribution in [0, 0.1) is 10.1 Å². The van der Waals surface area contributed by atoms with E-state index in [4.69, 9.17) is 4.74 Å². The quantitative estimate of drug-likeness (QED) is 0.374. The maximum atomic E-state index is 13.3. The van der Waals surface area contributed by atoms with Crippen LogP contribution in [0.4, 0.5) is 21.0 Å². The molecule has 0 spiro atoms. The fourth-order valence-corrected chi connectivity index (χ4v) is 5.26. The average molecular weight is 502 g/mol. The van der Waals surface area contributed by atoms with Crippen LogP contribution in [0.25, 0.3) is 0 Å². The number of nitrogens with zero attached hydrogens (tertiary/aromatic N) is 3. The zero-order valence-electron chi connectivity index (χ0n) is 17.6. The molecule has 1 aliphatic heterocycles. The largest absolute Gasteiger partial charge is 0.464 e. The van der Waals surface area contributed by atoms with Crippen molar-refractivity contribution in [2.24, 2.45) is 0 Å². The third-order valence-electron chi connectivity index (χ3n) is 5.45. The van der Waals surface area contributed by atoms with Crippen molar-refractivity contribution in [3.05, 3.63) is 79.2 Å². The molecule has 1 aromatic carbocycles. The minimum absolute atomic E-state index is 0.0822. The van der Waals surface area contributed by atoms with Crippen LogP contribution in [0.3, 0.4) is 0 Å². The van der Waals surface area contributed by atoms with Gasteiger partial charge in [-0.3, -0.25) is 19.8 Å². The first kappa shape index (κ1) is 23.4. The number of ether oxygens (including phenoxy) is 1. The Balaban J connectivity index is 1.53. The summed E-state index contributed by atoms with van der Waals surface area (Å²) in [5.74, 6) is -0.865. The van der Waals surface area contributed by atoms with E-state index in [2.05, 4.69) is 0 Å². The Morgan fingerprint density at radius 1 is 1.18 bits per heavy atom. The van der Waals surface area contributed by atoms with Gasteiger partial charge in [-0.1, -0.05) is 6.07 Å². The minimum Gasteiger partial charge on any atom is -0.464 e. The van der Waals surface area contributed by atoms with Gasteiger partial charge in [0.05, 0.1) is 10.6 Å². The molecule has 34 heavy (non-hydrogen) atoms. The first-order valence-corrected chi connectivity index (χ1v) is 12.0. The van der Waals surface area contributed by atoms with Crippen molar-refractivity contribution in [2.45, 2.75) is 25.0 Å². The summed E-state index contributed by atoms with van der Waals surface area (Å²) in [4.78, 5) is 51.4. The van der Waals surface area contributed by atoms with E-state index in [0.29, 0.717) is 10.5 Å². The van der Waals surface area contributed by atoms with Crippen molar-refractivity contribution in [3.63, 3.8) is 0 Å². The van der Waals surface area contributed by atoms with Crippen LogP contribution < -0.4 is 4.90 Å². The fraction of sp³-hybridized carbons (Fsp3) is 0.227. The summed E-state index contributed by atoms with van der Waals surface area (Å²) in [6, 6.07) is 9.88. The van der Waals surface area contributed by atoms with E-state index in [1.54, 1.807) is 10.8 Å². The number of hydrogen-bond donors (Lipinski definition) is 1. The Hall–Kier alpha value is -3.77. The van der Waals surface area contributed by atoms with Crippen molar-refractivity contribution in [2.75, 3.05) is 11.4 Å². The molecule has 0 aliphatic carbocycles. The zero-order chi connectivity index (χ0) is 24.2. The van der Waals surface area contributed by atoms with Gasteiger partial charge in [-0.05, 0) is 47.0 Å². The fourth-order valence-electron chi connectivity index (χ4n) is 3.81. The number of imide groups is 1. The van der Waals surface area contributed by atoms with Gasteiger partial charge in [0, 0.05) is 34.9 Å². The lowest BCUT2D eigenvalue weighted by atomic mass is 10.0. The van der Waals surface area contributed by atoms with E-state index in [0.717, 1.165) is 4.88 Å². The van der Waals surface area contributed by atoms with Gasteiger partial charge in [-0.15, -0.1) is 11.3 Å². The average Bonchev–Trinajstić information content (AvgIpc) is 3.59. The lowest BCUT2D eigenvalue weighted by molar-refractivity contribution is -0.384. The predicted octanol–water partition coefficient (Wildman–Crippen LogP) is 4.92. The summed E-state index contributed by atoms with van der Waals surface area (Å²) >= 11 is 2.76. The Labute approximate surface area is 201 Å². The van der Waals surface area contributed by atoms with Gasteiger partial charge in [0.15, 0.2) is 0 Å². The van der Waals surface area contributed by atoms with Gasteiger partial charge >= 0.3 is 12.2 Å². The van der Waals surface area contributed by atoms with E-state index in [1.165, 1.54) is 57.9 Å². The molecule has 3 heterocycles. The van der Waals surface area contributed by atoms with E-state index < -0.39 is 29.1 Å². The van der Waals surface area contributed by atoms with Gasteiger partial charge in [-0.2, -0.15) is 11.3 Å². The first-order chi connectivity index (χ1) is 16.3. The van der Waals surface area contributed by atoms with Gasteiger partial charge < -0.3 is 9.84 Å². The van der Waals surface area contributed by atoms with E-state index in [9.17, 15) is 29.6 Å². The van der Waals surface area contributed by atoms with Gasteiger partial charge in [-0.25, -0.2) is 14.5 Å². The lowest BCUT2D eigenvalue weighted by Crippen LogP contribution is -2.49. The standard InChI is InChI=1S/C22H19N3O7S2/c26-20(24(21(27)28)17-7-9-33-13-17)18-10-15(19-2-1-8-34-19)11-23(18)22(29)32-12-14-3-5-16(6-4-14)25(30)31/h1-9,13,15,18H,10-12H2,(H,27,28). The van der Waals surface area contributed by atoms with Crippen molar-refractivity contribution >= 4 is 52.1 Å². The number of amides is 3. The Kier molecular flexibility index (Phi) is 6.89. The highest BCUT2D eigenvalue weighted by molar-refractivity contribution is 7.10. The van der Waals surface area contributed by atoms with Crippen LogP contribution in [0.5, 0.6) is 0 Å². The smallest absolute Gasteiger partial charge is 0.418 e. The highest BCUT2D eigenvalue weighted by Gasteiger charge is 2.44. The highest BCUT2D eigenvalue weighted by atomic mass is 32.1. The third kappa shape index (κ3) is 4.92. The van der Waals surface area contributed by atoms with E-state index >= 15 is 0 Å². The predicted molar refractivity (Wildman–Crippen MR) is 125 cm³/mol. The molecule has 1 fully saturated rings. The number of carbonyl (C=O) groups is 3. The second-order valence-electron chi connectivity index (χ2n) is 7.53. The molecular formula is C22H19N3O7S2. The monoisotopic (exact) mass is 501 g/mol. The Bertz CT molecular complexity index is 1180. The summed E-state index contributed by atoms with van der Waals surface area (Å²) < 4.78 is 5.39. The molecule has 3 aromatic rings. The molecule has 176 valence electrons. The van der Waals surface area contributed by atoms with E-state index in [-0.39, 0.29) is 36.9 Å². The molecule has 1 aliphatic rings. The number of likely N-dealkylation sites (tertiary alicyclic amines) is 1. The molecule has 0 bridgehead atoms. The summed E-state index contributed by atoms with van der Waals surface area (Å²) in [5.41, 5.74) is 0.684. The van der Waals surface area contributed by atoms with Crippen LogP contribution in [-0.2, 0) is 16.1 Å². The topological polar surface area (TPSA) is 130 Å². The zero-order valence-corrected chi connectivity index (χ0v) is 19.2. The maximum absolute atomic E-state index is 13.3. The van der Waals surface area contributed by atoms with Gasteiger partial charge in [0.1, 0.15) is 12.6 Å². The second kappa shape index (κ2) is 10.0. The number of carbonyl (C=O) groups excluding carboxylic acids is 2. The Morgan fingerprint density at radius 2 is 1.94 bits per heavy atom. The number of anilines is 1. The normalized spacial score (nSPS) is 17.4. The number of carboxylic acid groups (broad SMARTS) is 1. The second-order valence-corrected chi connectivity index (χ2v) is 9.29. The molecule has 10 nitrogen and oxygen atoms in total. The summed E-state index contributed by atoms with van der Waals surface area (Å²) in [6.07, 6.45) is -1.92. The molecule has 0 saturated carbocycles. The molecule has 1 N–H and O–H groups in total. The van der Waals surface area contributed by atoms with Crippen molar-refractivity contribution < 1.29 is 29.2 Å². The molecule has 0 radical (unpaired) electrons. The molecule has 12 heteroatoms. The molecule has 1 saturated heterocycles. The molecule has 4 rings (SSSR count). The number of non-ortho nitro benzene ring substituents is 1. The Morgan fingerprint density at radius 3 is 2.53 bits per heavy atom. The van der Waals surface area contributed by atoms with Gasteiger partial charge in [0.2, 0.25) is 0 Å². The van der Waals surface area contributed by atoms with Crippen LogP contribution in [0.15, 0.2) is 58.6 Å². The first-order valence-electron chi connectivity index (χ1n) is 10.1. The molecule has 2 atom stereocenters. The SMILES string of the molecule is O=C(O)N(C(=O)C1CC(c2cccs2)CN1C(=O)OCc1ccc([N+](=O)[O-])cc1)c1ccsc1. The maximum Gasteiger partial charge on any atom is 0.418 e. The van der Waals surface area contributed by atoms with Crippen molar-refractivity contribution in [3.8, 4) is 0 Å². The third-order valence-corrected chi connectivity index (χ3v) is 7.16. The van der Waals surface area contributed by atoms with Crippen LogP contribution >= 0.6 is 22.7 Å². The number of benzene rings is 1. The van der Waals surface area contributed by atoms with Crippen LogP contribution in [0.2, 0.25) is 0 Å². The van der Waals surface area contributed by atoms with Crippen LogP contribution in [0.1, 0.15) is 22.8 Å². The van der Waals surface area contributed by atoms with E-state index in [1.807, 2.05) is 17.5 Å². The highest BCUT2D eigenvalue weighted by Crippen LogP contribution is 2.36. The molecular weight excluding hydrogens is 482 g/mol. The lowest BCUT2D eigenvalue weighted by Gasteiger charge is -2.26. The number of rotatable bonds is 6. The number of nitro groups is 1. The molecule has 2 unspecified atom stereocenters. The number of thiophene rings is 2. The number of hydrogen-bond acceptors (Lipinski definition) is 8. The van der Waals surface area contributed by atoms with Gasteiger partial charge in [0.25, 0.3) is 11.6 Å². The minimum atomic E-state index is -1.43. The van der Waals surface area contributed by atoms with Crippen LogP contribution in [-0.4, -0.2) is 45.6 Å². The van der Waals surface area contributed by atoms with Crippen molar-refractivity contribution in [1.82, 2.24) is 4.90 Å². The summed E-state index contributed by atoms with van der Waals surface area (Å²) in [6.45, 7) is 0.0538. The summed E-state index contributed by atoms with van der Waals surface area (Å²) in [7, 11) is 0. The molecule has 3 amide bonds.